The van der Waals surface area contributed by atoms with Gasteiger partial charge >= 0.3 is 37.7 Å². The van der Waals surface area contributed by atoms with Crippen LogP contribution in [-0.2, 0) is 0 Å². The van der Waals surface area contributed by atoms with E-state index in [0.29, 0.717) is 0 Å². The van der Waals surface area contributed by atoms with E-state index in [1.165, 1.54) is 0 Å². The molecule has 0 aliphatic carbocycles. The third-order valence-electron chi connectivity index (χ3n) is 0.157. The molecular weight excluding hydrogens is 124 g/mol. The summed E-state index contributed by atoms with van der Waals surface area (Å²) in [5.41, 5.74) is 0. The van der Waals surface area contributed by atoms with Crippen LogP contribution in [0.2, 0.25) is 0 Å². The SMILES string of the molecule is C#CC(=C)Cl.[CaH2]. The van der Waals surface area contributed by atoms with E-state index in [-0.39, 0.29) is 42.8 Å². The van der Waals surface area contributed by atoms with Gasteiger partial charge < -0.3 is 0 Å². The molecule has 0 atom stereocenters. The van der Waals surface area contributed by atoms with Gasteiger partial charge in [0.15, 0.2) is 0 Å². The fraction of sp³-hybridized carbons (Fsp3) is 0. The van der Waals surface area contributed by atoms with Gasteiger partial charge in [-0.3, -0.25) is 0 Å². The summed E-state index contributed by atoms with van der Waals surface area (Å²) in [6.07, 6.45) is 4.69. The van der Waals surface area contributed by atoms with Gasteiger partial charge in [0.05, 0.1) is 5.03 Å². The van der Waals surface area contributed by atoms with Gasteiger partial charge in [-0.2, -0.15) is 0 Å². The molecule has 0 radical (unpaired) electrons. The summed E-state index contributed by atoms with van der Waals surface area (Å²) in [6.45, 7) is 3.20. The van der Waals surface area contributed by atoms with Crippen molar-refractivity contribution in [1.82, 2.24) is 0 Å². The first-order chi connectivity index (χ1) is 2.27. The first-order valence-electron chi connectivity index (χ1n) is 1.08. The zero-order valence-corrected chi connectivity index (χ0v) is 3.42. The van der Waals surface area contributed by atoms with Crippen molar-refractivity contribution >= 4 is 49.3 Å². The molecule has 0 rings (SSSR count). The molecule has 0 spiro atoms. The average molecular weight is 129 g/mol. The van der Waals surface area contributed by atoms with Crippen molar-refractivity contribution < 1.29 is 0 Å². The third-order valence-corrected chi connectivity index (χ3v) is 0.266. The van der Waals surface area contributed by atoms with E-state index in [1.807, 2.05) is 0 Å². The van der Waals surface area contributed by atoms with Crippen molar-refractivity contribution in [1.29, 1.82) is 0 Å². The Labute approximate surface area is 72.6 Å². The number of allylic oxidation sites excluding steroid dienone is 1. The summed E-state index contributed by atoms with van der Waals surface area (Å²) >= 11 is 5.03. The molecular formula is C4H5CaCl. The van der Waals surface area contributed by atoms with Crippen LogP contribution < -0.4 is 0 Å². The molecule has 0 heterocycles. The number of terminal acetylenes is 1. The Hall–Kier alpha value is 0.850. The molecule has 0 amide bonds. The minimum atomic E-state index is 0. The summed E-state index contributed by atoms with van der Waals surface area (Å²) < 4.78 is 0. The summed E-state index contributed by atoms with van der Waals surface area (Å²) in [5, 5.41) is 0.255. The van der Waals surface area contributed by atoms with Gasteiger partial charge in [-0.05, 0) is 0 Å². The van der Waals surface area contributed by atoms with Crippen LogP contribution in [0.4, 0.5) is 0 Å². The summed E-state index contributed by atoms with van der Waals surface area (Å²) in [6, 6.07) is 0. The quantitative estimate of drug-likeness (QED) is 0.329. The van der Waals surface area contributed by atoms with Crippen LogP contribution in [0.1, 0.15) is 0 Å². The Balaban J connectivity index is 0. The molecule has 0 unspecified atom stereocenters. The van der Waals surface area contributed by atoms with Gasteiger partial charge in [-0.25, -0.2) is 0 Å². The van der Waals surface area contributed by atoms with Crippen LogP contribution in [0.3, 0.4) is 0 Å². The molecule has 0 saturated heterocycles. The maximum atomic E-state index is 5.03. The number of hydrogen-bond acceptors (Lipinski definition) is 0. The van der Waals surface area contributed by atoms with Gasteiger partial charge in [0, 0.05) is 0 Å². The second-order valence-electron chi connectivity index (χ2n) is 0.549. The normalized spacial score (nSPS) is 4.67. The van der Waals surface area contributed by atoms with Crippen LogP contribution in [-0.4, -0.2) is 37.7 Å². The summed E-state index contributed by atoms with van der Waals surface area (Å²) in [4.78, 5) is 0. The maximum absolute atomic E-state index is 5.03. The molecule has 0 fully saturated rings. The molecule has 0 nitrogen and oxygen atoms in total. The van der Waals surface area contributed by atoms with Gasteiger partial charge in [-0.15, -0.1) is 6.42 Å². The molecule has 2 heteroatoms. The van der Waals surface area contributed by atoms with E-state index in [9.17, 15) is 0 Å². The molecule has 0 aromatic rings. The zero-order chi connectivity index (χ0) is 4.28. The zero-order valence-electron chi connectivity index (χ0n) is 2.66. The average Bonchev–Trinajstić information content (AvgIpc) is 1.38. The van der Waals surface area contributed by atoms with E-state index in [2.05, 4.69) is 18.9 Å². The van der Waals surface area contributed by atoms with Crippen LogP contribution in [0.15, 0.2) is 11.6 Å². The fourth-order valence-corrected chi connectivity index (χ4v) is 0. The van der Waals surface area contributed by atoms with Crippen molar-refractivity contribution in [2.24, 2.45) is 0 Å². The molecule has 0 aromatic carbocycles. The number of hydrogen-bond donors (Lipinski definition) is 0. The van der Waals surface area contributed by atoms with Crippen molar-refractivity contribution in [3.05, 3.63) is 11.6 Å². The van der Waals surface area contributed by atoms with Crippen molar-refractivity contribution in [2.75, 3.05) is 0 Å². The first kappa shape index (κ1) is 9.97. The minimum absolute atomic E-state index is 0. The van der Waals surface area contributed by atoms with Crippen LogP contribution in [0.5, 0.6) is 0 Å². The molecule has 6 heavy (non-hydrogen) atoms. The Morgan fingerprint density at radius 2 is 2.00 bits per heavy atom. The van der Waals surface area contributed by atoms with E-state index >= 15 is 0 Å². The summed E-state index contributed by atoms with van der Waals surface area (Å²) in [7, 11) is 0. The van der Waals surface area contributed by atoms with Gasteiger partial charge in [0.2, 0.25) is 0 Å². The van der Waals surface area contributed by atoms with Crippen LogP contribution >= 0.6 is 11.6 Å². The molecule has 30 valence electrons. The third kappa shape index (κ3) is 8.85. The Morgan fingerprint density at radius 1 is 1.83 bits per heavy atom. The molecule has 0 aliphatic heterocycles. The number of halogens is 1. The molecule has 0 N–H and O–H groups in total. The molecule has 0 aromatic heterocycles. The van der Waals surface area contributed by atoms with Gasteiger partial charge in [0.1, 0.15) is 0 Å². The molecule has 0 bridgehead atoms. The predicted octanol–water partition coefficient (Wildman–Crippen LogP) is 0.456. The molecule has 0 aliphatic rings. The standard InChI is InChI=1S/C4H3Cl.Ca.2H/c1-3-4(2)5;;;/h1H,2H2;;;. The monoisotopic (exact) mass is 128 g/mol. The van der Waals surface area contributed by atoms with Crippen LogP contribution in [0.25, 0.3) is 0 Å². The van der Waals surface area contributed by atoms with E-state index in [0.717, 1.165) is 0 Å². The predicted molar refractivity (Wildman–Crippen MR) is 32.4 cm³/mol. The van der Waals surface area contributed by atoms with Gasteiger partial charge in [-0.1, -0.05) is 24.1 Å². The van der Waals surface area contributed by atoms with E-state index < -0.39 is 0 Å². The Bertz CT molecular complexity index is 80.0. The molecule has 0 saturated carbocycles. The second-order valence-corrected chi connectivity index (χ2v) is 1.01. The Kier molecular flexibility index (Phi) is 9.72. The van der Waals surface area contributed by atoms with Crippen molar-refractivity contribution in [3.63, 3.8) is 0 Å². The first-order valence-corrected chi connectivity index (χ1v) is 1.46. The summed E-state index contributed by atoms with van der Waals surface area (Å²) in [5.74, 6) is 2.10. The topological polar surface area (TPSA) is 0 Å². The van der Waals surface area contributed by atoms with Crippen LogP contribution in [0, 0.1) is 12.3 Å². The number of rotatable bonds is 0. The van der Waals surface area contributed by atoms with E-state index in [4.69, 9.17) is 11.6 Å². The fourth-order valence-electron chi connectivity index (χ4n) is 0. The second kappa shape index (κ2) is 5.85. The Morgan fingerprint density at radius 3 is 2.00 bits per heavy atom. The van der Waals surface area contributed by atoms with E-state index in [1.54, 1.807) is 0 Å². The van der Waals surface area contributed by atoms with Gasteiger partial charge in [0.25, 0.3) is 0 Å². The van der Waals surface area contributed by atoms with Crippen molar-refractivity contribution in [3.8, 4) is 12.3 Å². The van der Waals surface area contributed by atoms with Crippen molar-refractivity contribution in [2.45, 2.75) is 0 Å².